The first kappa shape index (κ1) is 25.3. The second-order valence-corrected chi connectivity index (χ2v) is 9.37. The fourth-order valence-corrected chi connectivity index (χ4v) is 4.55. The van der Waals surface area contributed by atoms with Crippen LogP contribution in [0.1, 0.15) is 41.1 Å². The van der Waals surface area contributed by atoms with Crippen LogP contribution < -0.4 is 16.6 Å². The number of carboxylic acids is 1. The molecule has 2 heterocycles. The highest BCUT2D eigenvalue weighted by Crippen LogP contribution is 2.25. The molecule has 1 aromatic carbocycles. The number of nitrogen functional groups attached to an aromatic ring is 1. The van der Waals surface area contributed by atoms with E-state index < -0.39 is 35.0 Å². The summed E-state index contributed by atoms with van der Waals surface area (Å²) >= 11 is 1.27. The minimum absolute atomic E-state index is 0.0836. The lowest BCUT2D eigenvalue weighted by molar-refractivity contribution is -0.139. The minimum Gasteiger partial charge on any atom is -0.480 e. The predicted octanol–water partition coefficient (Wildman–Crippen LogP) is 3.62. The van der Waals surface area contributed by atoms with Crippen LogP contribution in [0.2, 0.25) is 0 Å². The summed E-state index contributed by atoms with van der Waals surface area (Å²) in [6, 6.07) is 7.81. The smallest absolute Gasteiger partial charge is 0.320 e. The van der Waals surface area contributed by atoms with E-state index in [1.807, 2.05) is 13.8 Å². The van der Waals surface area contributed by atoms with Gasteiger partial charge < -0.3 is 16.2 Å². The third-order valence-electron chi connectivity index (χ3n) is 5.19. The van der Waals surface area contributed by atoms with Crippen molar-refractivity contribution in [2.45, 2.75) is 32.7 Å². The van der Waals surface area contributed by atoms with Crippen molar-refractivity contribution in [1.82, 2.24) is 9.88 Å². The largest absolute Gasteiger partial charge is 0.480 e. The minimum atomic E-state index is -1.02. The van der Waals surface area contributed by atoms with Crippen molar-refractivity contribution in [2.75, 3.05) is 12.3 Å². The molecule has 1 atom stereocenters. The molecule has 0 aliphatic heterocycles. The summed E-state index contributed by atoms with van der Waals surface area (Å²) in [4.78, 5) is 37.6. The lowest BCUT2D eigenvalue weighted by atomic mass is 10.0. The van der Waals surface area contributed by atoms with E-state index in [2.05, 4.69) is 5.32 Å². The number of aliphatic carboxylic acids is 1. The number of pyridine rings is 1. The average molecular weight is 490 g/mol. The van der Waals surface area contributed by atoms with Gasteiger partial charge in [0.1, 0.15) is 28.5 Å². The van der Waals surface area contributed by atoms with E-state index in [4.69, 9.17) is 5.73 Å². The molecule has 3 aromatic rings. The maximum atomic E-state index is 14.1. The zero-order valence-electron chi connectivity index (χ0n) is 18.7. The molecule has 0 amide bonds. The highest BCUT2D eigenvalue weighted by atomic mass is 32.1. The Morgan fingerprint density at radius 1 is 1.12 bits per heavy atom. The number of hydrogen-bond donors (Lipinski definition) is 3. The first-order valence-electron chi connectivity index (χ1n) is 10.6. The maximum absolute atomic E-state index is 14.1. The Morgan fingerprint density at radius 3 is 2.47 bits per heavy atom. The van der Waals surface area contributed by atoms with Crippen molar-refractivity contribution >= 4 is 28.9 Å². The van der Waals surface area contributed by atoms with Gasteiger partial charge in [-0.1, -0.05) is 13.8 Å². The van der Waals surface area contributed by atoms with Crippen molar-refractivity contribution < 1.29 is 23.5 Å². The Kier molecular flexibility index (Phi) is 7.95. The van der Waals surface area contributed by atoms with E-state index in [-0.39, 0.29) is 22.9 Å². The molecule has 3 rings (SSSR count). The predicted molar refractivity (Wildman–Crippen MR) is 127 cm³/mol. The van der Waals surface area contributed by atoms with E-state index in [0.29, 0.717) is 30.5 Å². The lowest BCUT2D eigenvalue weighted by Gasteiger charge is -2.16. The molecule has 2 aromatic heterocycles. The maximum Gasteiger partial charge on any atom is 0.320 e. The summed E-state index contributed by atoms with van der Waals surface area (Å²) < 4.78 is 28.5. The summed E-state index contributed by atoms with van der Waals surface area (Å²) in [6.07, 6.45) is 1.03. The molecule has 180 valence electrons. The molecular weight excluding hydrogens is 464 g/mol. The topological polar surface area (TPSA) is 114 Å². The van der Waals surface area contributed by atoms with E-state index in [1.165, 1.54) is 17.4 Å². The number of benzene rings is 1. The second-order valence-electron chi connectivity index (χ2n) is 8.22. The van der Waals surface area contributed by atoms with Gasteiger partial charge in [-0.2, -0.15) is 0 Å². The summed E-state index contributed by atoms with van der Waals surface area (Å²) in [6.45, 7) is 4.33. The Morgan fingerprint density at radius 2 is 1.82 bits per heavy atom. The quantitative estimate of drug-likeness (QED) is 0.375. The van der Waals surface area contributed by atoms with Crippen LogP contribution in [0.15, 0.2) is 47.3 Å². The first-order chi connectivity index (χ1) is 16.1. The molecule has 0 fully saturated rings. The summed E-state index contributed by atoms with van der Waals surface area (Å²) in [5.41, 5.74) is 5.23. The summed E-state index contributed by atoms with van der Waals surface area (Å²) in [5, 5.41) is 12.8. The number of carbonyl (C=O) groups is 2. The zero-order valence-corrected chi connectivity index (χ0v) is 19.5. The Hall–Kier alpha value is -3.37. The monoisotopic (exact) mass is 489 g/mol. The molecule has 7 nitrogen and oxygen atoms in total. The molecule has 0 unspecified atom stereocenters. The van der Waals surface area contributed by atoms with E-state index in [0.717, 1.165) is 27.6 Å². The summed E-state index contributed by atoms with van der Waals surface area (Å²) in [5.74, 6) is -3.43. The number of hydrogen-bond acceptors (Lipinski definition) is 6. The van der Waals surface area contributed by atoms with Crippen LogP contribution in [0.25, 0.3) is 5.00 Å². The number of anilines is 1. The summed E-state index contributed by atoms with van der Waals surface area (Å²) in [7, 11) is 0. The van der Waals surface area contributed by atoms with Crippen molar-refractivity contribution in [3.8, 4) is 5.00 Å². The van der Waals surface area contributed by atoms with E-state index in [1.54, 1.807) is 12.1 Å². The van der Waals surface area contributed by atoms with Crippen molar-refractivity contribution in [1.29, 1.82) is 0 Å². The Labute approximate surface area is 198 Å². The number of nitrogens with two attached hydrogens (primary N) is 1. The van der Waals surface area contributed by atoms with E-state index in [9.17, 15) is 28.3 Å². The van der Waals surface area contributed by atoms with Crippen LogP contribution in [0, 0.1) is 17.6 Å². The molecule has 0 bridgehead atoms. The van der Waals surface area contributed by atoms with Crippen molar-refractivity contribution in [3.05, 3.63) is 80.5 Å². The van der Waals surface area contributed by atoms with Crippen LogP contribution in [0.3, 0.4) is 0 Å². The zero-order chi connectivity index (χ0) is 25.0. The number of nitrogens with one attached hydrogen (secondary N) is 1. The number of halogens is 2. The van der Waals surface area contributed by atoms with Gasteiger partial charge in [-0.3, -0.25) is 19.0 Å². The molecule has 0 saturated heterocycles. The third-order valence-corrected chi connectivity index (χ3v) is 6.32. The number of carboxylic acid groups (broad SMARTS) is 1. The van der Waals surface area contributed by atoms with Gasteiger partial charge in [-0.05, 0) is 49.1 Å². The number of thiophene rings is 1. The normalized spacial score (nSPS) is 12.1. The molecule has 0 saturated carbocycles. The average Bonchev–Trinajstić information content (AvgIpc) is 3.20. The third kappa shape index (κ3) is 5.75. The van der Waals surface area contributed by atoms with Gasteiger partial charge in [0.15, 0.2) is 5.78 Å². The van der Waals surface area contributed by atoms with Gasteiger partial charge in [0.25, 0.3) is 5.56 Å². The number of nitrogens with zero attached hydrogens (tertiary/aromatic N) is 1. The highest BCUT2D eigenvalue weighted by molar-refractivity contribution is 7.14. The first-order valence-corrected chi connectivity index (χ1v) is 11.5. The van der Waals surface area contributed by atoms with Gasteiger partial charge >= 0.3 is 5.97 Å². The van der Waals surface area contributed by atoms with Gasteiger partial charge in [0, 0.05) is 23.6 Å². The molecule has 4 N–H and O–H groups in total. The standard InChI is InChI=1S/C24H25F2N3O4S/c1-13(2)11-19(24(32)33)28-10-9-15-4-8-21(34-15)29-20(30)7-6-17(23(29)27)22(31)16-5-3-14(25)12-18(16)26/h3-8,12-13,19,28H,9-11,27H2,1-2H3,(H,32,33)/t19-/m1/s1. The highest BCUT2D eigenvalue weighted by Gasteiger charge is 2.21. The lowest BCUT2D eigenvalue weighted by Crippen LogP contribution is -2.38. The number of rotatable bonds is 10. The molecule has 0 aliphatic rings. The number of carbonyl (C=O) groups excluding carboxylic acids is 1. The molecule has 0 aliphatic carbocycles. The molecular formula is C24H25F2N3O4S. The van der Waals surface area contributed by atoms with Crippen molar-refractivity contribution in [2.24, 2.45) is 5.92 Å². The Balaban J connectivity index is 1.81. The van der Waals surface area contributed by atoms with Crippen molar-refractivity contribution in [3.63, 3.8) is 0 Å². The molecule has 10 heteroatoms. The SMILES string of the molecule is CC(C)C[C@@H](NCCc1ccc(-n2c(N)c(C(=O)c3ccc(F)cc3F)ccc2=O)s1)C(=O)O. The van der Waals surface area contributed by atoms with E-state index >= 15 is 0 Å². The van der Waals surface area contributed by atoms with Crippen LogP contribution in [-0.2, 0) is 11.2 Å². The van der Waals surface area contributed by atoms with Crippen LogP contribution in [-0.4, -0.2) is 34.0 Å². The van der Waals surface area contributed by atoms with Crippen LogP contribution in [0.4, 0.5) is 14.6 Å². The van der Waals surface area contributed by atoms with Gasteiger partial charge in [0.2, 0.25) is 0 Å². The molecule has 34 heavy (non-hydrogen) atoms. The number of aromatic nitrogens is 1. The van der Waals surface area contributed by atoms with Gasteiger partial charge in [-0.25, -0.2) is 8.78 Å². The molecule has 0 spiro atoms. The van der Waals surface area contributed by atoms with Gasteiger partial charge in [-0.15, -0.1) is 11.3 Å². The number of ketones is 1. The Bertz CT molecular complexity index is 1270. The van der Waals surface area contributed by atoms with Gasteiger partial charge in [0.05, 0.1) is 11.1 Å². The molecule has 0 radical (unpaired) electrons. The van der Waals surface area contributed by atoms with Crippen LogP contribution in [0.5, 0.6) is 0 Å². The van der Waals surface area contributed by atoms with Crippen LogP contribution >= 0.6 is 11.3 Å². The second kappa shape index (κ2) is 10.7. The fraction of sp³-hybridized carbons (Fsp3) is 0.292. The fourth-order valence-electron chi connectivity index (χ4n) is 3.53.